The maximum Gasteiger partial charge on any atom is 0.116 e. The van der Waals surface area contributed by atoms with Crippen molar-refractivity contribution in [1.82, 2.24) is 0 Å². The summed E-state index contributed by atoms with van der Waals surface area (Å²) in [5, 5.41) is 15.7. The van der Waals surface area contributed by atoms with Gasteiger partial charge in [0.25, 0.3) is 0 Å². The summed E-state index contributed by atoms with van der Waals surface area (Å²) in [5.41, 5.74) is 3.05. The Hall–Kier alpha value is -1.35. The maximum absolute atomic E-state index is 10.8. The van der Waals surface area contributed by atoms with Crippen LogP contribution < -0.4 is 0 Å². The molecule has 1 aromatic heterocycles. The molecule has 3 rings (SSSR count). The Morgan fingerprint density at radius 3 is 2.50 bits per heavy atom. The van der Waals surface area contributed by atoms with Gasteiger partial charge in [-0.3, -0.25) is 0 Å². The minimum atomic E-state index is -0.674. The van der Waals surface area contributed by atoms with E-state index in [1.54, 1.807) is 0 Å². The highest BCUT2D eigenvalue weighted by Gasteiger charge is 2.21. The van der Waals surface area contributed by atoms with Crippen molar-refractivity contribution in [3.63, 3.8) is 0 Å². The lowest BCUT2D eigenvalue weighted by Crippen LogP contribution is -2.02. The van der Waals surface area contributed by atoms with Gasteiger partial charge in [-0.25, -0.2) is 0 Å². The molecule has 1 N–H and O–H groups in total. The van der Waals surface area contributed by atoms with Crippen molar-refractivity contribution in [3.8, 4) is 0 Å². The lowest BCUT2D eigenvalue weighted by atomic mass is 9.95. The first-order valence-corrected chi connectivity index (χ1v) is 7.75. The Morgan fingerprint density at radius 2 is 1.80 bits per heavy atom. The summed E-state index contributed by atoms with van der Waals surface area (Å²) in [5.74, 6) is 0. The van der Waals surface area contributed by atoms with Crippen LogP contribution in [-0.2, 0) is 0 Å². The lowest BCUT2D eigenvalue weighted by Gasteiger charge is -2.16. The summed E-state index contributed by atoms with van der Waals surface area (Å²) in [4.78, 5) is 0.823. The van der Waals surface area contributed by atoms with Crippen molar-refractivity contribution in [2.45, 2.75) is 20.0 Å². The molecule has 102 valence electrons. The molecule has 3 heteroatoms. The first-order valence-electron chi connectivity index (χ1n) is 6.49. The standard InChI is InChI=1S/C17H15ClOS/c1-10-7-8-12-5-3-4-6-13(12)14(10)16(19)17-15(18)11(2)9-20-17/h3-9,16,19H,1-2H3. The fourth-order valence-corrected chi connectivity index (χ4v) is 3.82. The third-order valence-corrected chi connectivity index (χ3v) is 5.40. The van der Waals surface area contributed by atoms with Gasteiger partial charge in [0.2, 0.25) is 0 Å². The molecule has 2 aromatic carbocycles. The van der Waals surface area contributed by atoms with Crippen LogP contribution in [0.1, 0.15) is 27.7 Å². The molecule has 0 radical (unpaired) electrons. The lowest BCUT2D eigenvalue weighted by molar-refractivity contribution is 0.225. The number of hydrogen-bond donors (Lipinski definition) is 1. The second-order valence-electron chi connectivity index (χ2n) is 5.02. The van der Waals surface area contributed by atoms with E-state index in [0.29, 0.717) is 5.02 Å². The molecule has 0 spiro atoms. The van der Waals surface area contributed by atoms with Crippen LogP contribution in [0.5, 0.6) is 0 Å². The van der Waals surface area contributed by atoms with E-state index >= 15 is 0 Å². The van der Waals surface area contributed by atoms with E-state index in [-0.39, 0.29) is 0 Å². The largest absolute Gasteiger partial charge is 0.383 e. The quantitative estimate of drug-likeness (QED) is 0.685. The van der Waals surface area contributed by atoms with E-state index in [0.717, 1.165) is 32.3 Å². The number of fused-ring (bicyclic) bond motifs is 1. The van der Waals surface area contributed by atoms with Gasteiger partial charge in [-0.1, -0.05) is 48.0 Å². The van der Waals surface area contributed by atoms with Crippen molar-refractivity contribution in [2.24, 2.45) is 0 Å². The fourth-order valence-electron chi connectivity index (χ4n) is 2.53. The van der Waals surface area contributed by atoms with Gasteiger partial charge in [0.05, 0.1) is 9.90 Å². The number of aliphatic hydroxyl groups excluding tert-OH is 1. The normalized spacial score (nSPS) is 12.8. The molecule has 3 aromatic rings. The molecule has 1 heterocycles. The van der Waals surface area contributed by atoms with Crippen LogP contribution in [0.25, 0.3) is 10.8 Å². The van der Waals surface area contributed by atoms with Crippen LogP contribution in [0, 0.1) is 13.8 Å². The van der Waals surface area contributed by atoms with Gasteiger partial charge in [0, 0.05) is 0 Å². The Labute approximate surface area is 127 Å². The van der Waals surface area contributed by atoms with Crippen molar-refractivity contribution < 1.29 is 5.11 Å². The van der Waals surface area contributed by atoms with E-state index in [9.17, 15) is 5.11 Å². The number of hydrogen-bond acceptors (Lipinski definition) is 2. The van der Waals surface area contributed by atoms with Crippen LogP contribution in [0.15, 0.2) is 41.8 Å². The molecule has 20 heavy (non-hydrogen) atoms. The number of aliphatic hydroxyl groups is 1. The van der Waals surface area contributed by atoms with E-state index in [2.05, 4.69) is 24.3 Å². The zero-order valence-electron chi connectivity index (χ0n) is 11.4. The van der Waals surface area contributed by atoms with Crippen molar-refractivity contribution in [2.75, 3.05) is 0 Å². The summed E-state index contributed by atoms with van der Waals surface area (Å²) < 4.78 is 0. The van der Waals surface area contributed by atoms with Gasteiger partial charge in [-0.15, -0.1) is 11.3 Å². The van der Waals surface area contributed by atoms with E-state index < -0.39 is 6.10 Å². The predicted octanol–water partition coefficient (Wildman–Crippen LogP) is 5.25. The number of thiophene rings is 1. The van der Waals surface area contributed by atoms with E-state index in [4.69, 9.17) is 11.6 Å². The number of aryl methyl sites for hydroxylation is 2. The second-order valence-corrected chi connectivity index (χ2v) is 6.31. The molecule has 0 bridgehead atoms. The molecule has 0 aliphatic rings. The highest BCUT2D eigenvalue weighted by molar-refractivity contribution is 7.10. The van der Waals surface area contributed by atoms with Crippen LogP contribution in [0.4, 0.5) is 0 Å². The molecule has 0 saturated heterocycles. The molecule has 0 aliphatic carbocycles. The predicted molar refractivity (Wildman–Crippen MR) is 86.8 cm³/mol. The van der Waals surface area contributed by atoms with E-state index in [1.165, 1.54) is 11.3 Å². The fraction of sp³-hybridized carbons (Fsp3) is 0.176. The average Bonchev–Trinajstić information content (AvgIpc) is 2.78. The first-order chi connectivity index (χ1) is 9.59. The first kappa shape index (κ1) is 13.6. The van der Waals surface area contributed by atoms with Gasteiger partial charge in [-0.2, -0.15) is 0 Å². The highest BCUT2D eigenvalue weighted by atomic mass is 35.5. The molecule has 1 nitrogen and oxygen atoms in total. The smallest absolute Gasteiger partial charge is 0.116 e. The summed E-state index contributed by atoms with van der Waals surface area (Å²) >= 11 is 7.82. The van der Waals surface area contributed by atoms with Gasteiger partial charge >= 0.3 is 0 Å². The number of halogens is 1. The molecule has 1 atom stereocenters. The Balaban J connectivity index is 2.23. The minimum absolute atomic E-state index is 0.674. The topological polar surface area (TPSA) is 20.2 Å². The van der Waals surface area contributed by atoms with Gasteiger partial charge in [-0.05, 0) is 46.7 Å². The summed E-state index contributed by atoms with van der Waals surface area (Å²) in [6, 6.07) is 12.3. The Bertz CT molecular complexity index is 776. The minimum Gasteiger partial charge on any atom is -0.383 e. The van der Waals surface area contributed by atoms with Crippen LogP contribution in [0.3, 0.4) is 0 Å². The number of benzene rings is 2. The Morgan fingerprint density at radius 1 is 1.05 bits per heavy atom. The molecular weight excluding hydrogens is 288 g/mol. The average molecular weight is 303 g/mol. The molecule has 1 unspecified atom stereocenters. The molecular formula is C17H15ClOS. The third-order valence-electron chi connectivity index (χ3n) is 3.64. The monoisotopic (exact) mass is 302 g/mol. The van der Waals surface area contributed by atoms with Crippen LogP contribution in [-0.4, -0.2) is 5.11 Å². The summed E-state index contributed by atoms with van der Waals surface area (Å²) in [6.45, 7) is 3.99. The van der Waals surface area contributed by atoms with E-state index in [1.807, 2.05) is 31.4 Å². The van der Waals surface area contributed by atoms with Crippen molar-refractivity contribution in [1.29, 1.82) is 0 Å². The highest BCUT2D eigenvalue weighted by Crippen LogP contribution is 2.39. The molecule has 0 saturated carbocycles. The van der Waals surface area contributed by atoms with Crippen molar-refractivity contribution >= 4 is 33.7 Å². The van der Waals surface area contributed by atoms with Gasteiger partial charge < -0.3 is 5.11 Å². The third kappa shape index (κ3) is 2.14. The Kier molecular flexibility index (Phi) is 3.55. The summed E-state index contributed by atoms with van der Waals surface area (Å²) in [7, 11) is 0. The zero-order valence-corrected chi connectivity index (χ0v) is 12.9. The zero-order chi connectivity index (χ0) is 14.3. The summed E-state index contributed by atoms with van der Waals surface area (Å²) in [6.07, 6.45) is -0.674. The van der Waals surface area contributed by atoms with Crippen LogP contribution in [0.2, 0.25) is 5.02 Å². The SMILES string of the molecule is Cc1csc(C(O)c2c(C)ccc3ccccc23)c1Cl. The second kappa shape index (κ2) is 5.21. The molecule has 0 aliphatic heterocycles. The van der Waals surface area contributed by atoms with Crippen molar-refractivity contribution in [3.05, 3.63) is 68.4 Å². The van der Waals surface area contributed by atoms with Gasteiger partial charge in [0.15, 0.2) is 0 Å². The number of rotatable bonds is 2. The van der Waals surface area contributed by atoms with Gasteiger partial charge in [0.1, 0.15) is 6.10 Å². The maximum atomic E-state index is 10.8. The molecule has 0 amide bonds. The molecule has 0 fully saturated rings. The van der Waals surface area contributed by atoms with Crippen LogP contribution >= 0.6 is 22.9 Å².